The third-order valence-electron chi connectivity index (χ3n) is 2.63. The Hall–Kier alpha value is -1.85. The highest BCUT2D eigenvalue weighted by atomic mass is 19.4. The van der Waals surface area contributed by atoms with Crippen molar-refractivity contribution in [2.45, 2.75) is 26.6 Å². The molecule has 0 atom stereocenters. The van der Waals surface area contributed by atoms with Gasteiger partial charge < -0.3 is 4.57 Å². The van der Waals surface area contributed by atoms with Gasteiger partial charge in [0.05, 0.1) is 5.56 Å². The second kappa shape index (κ2) is 5.03. The largest absolute Gasteiger partial charge is 0.416 e. The molecular formula is C13H14F3N3. The minimum absolute atomic E-state index is 0.362. The van der Waals surface area contributed by atoms with E-state index in [0.717, 1.165) is 12.1 Å². The van der Waals surface area contributed by atoms with Crippen LogP contribution in [0.4, 0.5) is 13.2 Å². The Labute approximate surface area is 109 Å². The van der Waals surface area contributed by atoms with E-state index in [-0.39, 0.29) is 0 Å². The molecule has 0 fully saturated rings. The van der Waals surface area contributed by atoms with Crippen LogP contribution in [0.25, 0.3) is 11.4 Å². The van der Waals surface area contributed by atoms with Gasteiger partial charge in [-0.1, -0.05) is 26.0 Å². The monoisotopic (exact) mass is 269 g/mol. The lowest BCUT2D eigenvalue weighted by Crippen LogP contribution is -2.07. The second-order valence-electron chi connectivity index (χ2n) is 4.78. The number of hydrogen-bond donors (Lipinski definition) is 0. The summed E-state index contributed by atoms with van der Waals surface area (Å²) in [4.78, 5) is 0. The Balaban J connectivity index is 2.40. The van der Waals surface area contributed by atoms with Gasteiger partial charge in [-0.2, -0.15) is 13.2 Å². The van der Waals surface area contributed by atoms with Crippen molar-refractivity contribution in [1.82, 2.24) is 14.8 Å². The van der Waals surface area contributed by atoms with E-state index in [1.54, 1.807) is 10.6 Å². The number of alkyl halides is 3. The van der Waals surface area contributed by atoms with E-state index in [1.165, 1.54) is 12.4 Å². The van der Waals surface area contributed by atoms with E-state index in [2.05, 4.69) is 10.2 Å². The third kappa shape index (κ3) is 3.13. The van der Waals surface area contributed by atoms with E-state index in [0.29, 0.717) is 23.9 Å². The van der Waals surface area contributed by atoms with E-state index in [9.17, 15) is 13.2 Å². The molecule has 0 aliphatic carbocycles. The summed E-state index contributed by atoms with van der Waals surface area (Å²) in [5.41, 5.74) is -0.253. The topological polar surface area (TPSA) is 30.7 Å². The molecule has 0 aliphatic heterocycles. The minimum Gasteiger partial charge on any atom is -0.313 e. The summed E-state index contributed by atoms with van der Waals surface area (Å²) >= 11 is 0. The molecule has 0 aliphatic rings. The van der Waals surface area contributed by atoms with Crippen LogP contribution in [0, 0.1) is 5.92 Å². The lowest BCUT2D eigenvalue weighted by Gasteiger charge is -2.11. The number of halogens is 3. The van der Waals surface area contributed by atoms with Gasteiger partial charge in [0.1, 0.15) is 6.33 Å². The normalized spacial score (nSPS) is 12.1. The average molecular weight is 269 g/mol. The summed E-state index contributed by atoms with van der Waals surface area (Å²) < 4.78 is 39.8. The molecule has 0 spiro atoms. The van der Waals surface area contributed by atoms with Crippen LogP contribution >= 0.6 is 0 Å². The van der Waals surface area contributed by atoms with Crippen LogP contribution in [-0.2, 0) is 12.7 Å². The molecule has 102 valence electrons. The summed E-state index contributed by atoms with van der Waals surface area (Å²) in [7, 11) is 0. The van der Waals surface area contributed by atoms with Crippen LogP contribution in [0.1, 0.15) is 19.4 Å². The fourth-order valence-electron chi connectivity index (χ4n) is 1.84. The quantitative estimate of drug-likeness (QED) is 0.852. The number of benzene rings is 1. The first-order valence-electron chi connectivity index (χ1n) is 5.93. The first-order valence-corrected chi connectivity index (χ1v) is 5.93. The Kier molecular flexibility index (Phi) is 3.59. The van der Waals surface area contributed by atoms with Crippen molar-refractivity contribution in [1.29, 1.82) is 0 Å². The van der Waals surface area contributed by atoms with E-state index in [4.69, 9.17) is 0 Å². The Morgan fingerprint density at radius 3 is 2.63 bits per heavy atom. The molecule has 2 rings (SSSR count). The van der Waals surface area contributed by atoms with Crippen LogP contribution in [0.2, 0.25) is 0 Å². The van der Waals surface area contributed by atoms with E-state index in [1.807, 2.05) is 13.8 Å². The molecule has 6 heteroatoms. The van der Waals surface area contributed by atoms with Crippen LogP contribution in [-0.4, -0.2) is 14.8 Å². The smallest absolute Gasteiger partial charge is 0.313 e. The lowest BCUT2D eigenvalue weighted by molar-refractivity contribution is -0.137. The molecule has 0 bridgehead atoms. The van der Waals surface area contributed by atoms with E-state index < -0.39 is 11.7 Å². The molecule has 0 amide bonds. The van der Waals surface area contributed by atoms with Crippen molar-refractivity contribution >= 4 is 0 Å². The van der Waals surface area contributed by atoms with Gasteiger partial charge in [0.15, 0.2) is 5.82 Å². The third-order valence-corrected chi connectivity index (χ3v) is 2.63. The van der Waals surface area contributed by atoms with Gasteiger partial charge in [-0.15, -0.1) is 10.2 Å². The van der Waals surface area contributed by atoms with E-state index >= 15 is 0 Å². The van der Waals surface area contributed by atoms with Crippen LogP contribution in [0.15, 0.2) is 30.6 Å². The zero-order valence-corrected chi connectivity index (χ0v) is 10.6. The van der Waals surface area contributed by atoms with Gasteiger partial charge in [-0.3, -0.25) is 0 Å². The Morgan fingerprint density at radius 1 is 1.26 bits per heavy atom. The van der Waals surface area contributed by atoms with Gasteiger partial charge in [-0.05, 0) is 18.1 Å². The fraction of sp³-hybridized carbons (Fsp3) is 0.385. The molecule has 19 heavy (non-hydrogen) atoms. The summed E-state index contributed by atoms with van der Waals surface area (Å²) in [6.45, 7) is 4.71. The molecule has 0 unspecified atom stereocenters. The molecule has 0 radical (unpaired) electrons. The maximum absolute atomic E-state index is 12.7. The minimum atomic E-state index is -4.35. The van der Waals surface area contributed by atoms with Crippen molar-refractivity contribution in [2.24, 2.45) is 5.92 Å². The molecule has 2 aromatic rings. The lowest BCUT2D eigenvalue weighted by atomic mass is 10.1. The molecule has 0 saturated carbocycles. The first-order chi connectivity index (χ1) is 8.88. The number of aromatic nitrogens is 3. The van der Waals surface area contributed by atoms with Gasteiger partial charge in [-0.25, -0.2) is 0 Å². The first kappa shape index (κ1) is 13.6. The number of nitrogens with zero attached hydrogens (tertiary/aromatic N) is 3. The van der Waals surface area contributed by atoms with Crippen molar-refractivity contribution in [2.75, 3.05) is 0 Å². The maximum atomic E-state index is 12.7. The fourth-order valence-corrected chi connectivity index (χ4v) is 1.84. The standard InChI is InChI=1S/C13H14F3N3/c1-9(2)7-19-8-17-18-12(19)10-4-3-5-11(6-10)13(14,15)16/h3-6,8-9H,7H2,1-2H3. The van der Waals surface area contributed by atoms with Gasteiger partial charge in [0.2, 0.25) is 0 Å². The number of hydrogen-bond acceptors (Lipinski definition) is 2. The molecule has 1 aromatic carbocycles. The summed E-state index contributed by atoms with van der Waals surface area (Å²) in [6.07, 6.45) is -2.81. The predicted molar refractivity (Wildman–Crippen MR) is 65.3 cm³/mol. The zero-order valence-electron chi connectivity index (χ0n) is 10.6. The average Bonchev–Trinajstić information content (AvgIpc) is 2.75. The SMILES string of the molecule is CC(C)Cn1cnnc1-c1cccc(C(F)(F)F)c1. The highest BCUT2D eigenvalue weighted by molar-refractivity contribution is 5.56. The molecule has 1 aromatic heterocycles. The zero-order chi connectivity index (χ0) is 14.0. The van der Waals surface area contributed by atoms with Crippen molar-refractivity contribution in [3.63, 3.8) is 0 Å². The van der Waals surface area contributed by atoms with Crippen molar-refractivity contribution < 1.29 is 13.2 Å². The maximum Gasteiger partial charge on any atom is 0.416 e. The van der Waals surface area contributed by atoms with Gasteiger partial charge in [0, 0.05) is 12.1 Å². The second-order valence-corrected chi connectivity index (χ2v) is 4.78. The molecular weight excluding hydrogens is 255 g/mol. The highest BCUT2D eigenvalue weighted by Gasteiger charge is 2.30. The Morgan fingerprint density at radius 2 is 2.00 bits per heavy atom. The van der Waals surface area contributed by atoms with Crippen LogP contribution in [0.5, 0.6) is 0 Å². The summed E-state index contributed by atoms with van der Waals surface area (Å²) in [5.74, 6) is 0.820. The van der Waals surface area contributed by atoms with Crippen LogP contribution in [0.3, 0.4) is 0 Å². The molecule has 0 saturated heterocycles. The highest BCUT2D eigenvalue weighted by Crippen LogP contribution is 2.31. The predicted octanol–water partition coefficient (Wildman–Crippen LogP) is 3.62. The van der Waals surface area contributed by atoms with Crippen molar-refractivity contribution in [3.05, 3.63) is 36.2 Å². The van der Waals surface area contributed by atoms with Gasteiger partial charge >= 0.3 is 6.18 Å². The molecule has 3 nitrogen and oxygen atoms in total. The molecule has 0 N–H and O–H groups in total. The van der Waals surface area contributed by atoms with Gasteiger partial charge in [0.25, 0.3) is 0 Å². The molecule has 1 heterocycles. The number of rotatable bonds is 3. The van der Waals surface area contributed by atoms with Crippen LogP contribution < -0.4 is 0 Å². The van der Waals surface area contributed by atoms with Crippen molar-refractivity contribution in [3.8, 4) is 11.4 Å². The summed E-state index contributed by atoms with van der Waals surface area (Å²) in [5, 5.41) is 7.68. The Bertz CT molecular complexity index is 558. The summed E-state index contributed by atoms with van der Waals surface area (Å²) in [6, 6.07) is 5.14.